The highest BCUT2D eigenvalue weighted by atomic mass is 79.9. The summed E-state index contributed by atoms with van der Waals surface area (Å²) in [5.74, 6) is 0.892. The van der Waals surface area contributed by atoms with Gasteiger partial charge < -0.3 is 4.74 Å². The summed E-state index contributed by atoms with van der Waals surface area (Å²) in [6.07, 6.45) is 0.0509. The van der Waals surface area contributed by atoms with Gasteiger partial charge in [0, 0.05) is 33.3 Å². The van der Waals surface area contributed by atoms with E-state index in [0.29, 0.717) is 14.5 Å². The van der Waals surface area contributed by atoms with Crippen LogP contribution in [0.5, 0.6) is 5.75 Å². The van der Waals surface area contributed by atoms with Crippen molar-refractivity contribution in [2.24, 2.45) is 9.04 Å². The monoisotopic (exact) mass is 714 g/mol. The van der Waals surface area contributed by atoms with Crippen molar-refractivity contribution in [3.63, 3.8) is 0 Å². The third-order valence-electron chi connectivity index (χ3n) is 3.14. The molecule has 0 amide bonds. The number of benzene rings is 1. The van der Waals surface area contributed by atoms with Crippen LogP contribution in [0.3, 0.4) is 0 Å². The molecule has 4 atom stereocenters. The van der Waals surface area contributed by atoms with Gasteiger partial charge >= 0.3 is 10.2 Å². The van der Waals surface area contributed by atoms with Crippen LogP contribution < -0.4 is 4.74 Å². The van der Waals surface area contributed by atoms with Crippen molar-refractivity contribution in [2.45, 2.75) is 30.2 Å². The minimum Gasteiger partial charge on any atom is -0.488 e. The Bertz CT molecular complexity index is 778. The molecule has 0 bridgehead atoms. The molecule has 148 valence electrons. The molecular formula is C12H11Br5N6O3S. The van der Waals surface area contributed by atoms with Crippen LogP contribution in [0.15, 0.2) is 39.4 Å². The fourth-order valence-corrected chi connectivity index (χ4v) is 7.26. The number of alkyl halides is 5. The summed E-state index contributed by atoms with van der Waals surface area (Å²) in [5.41, 5.74) is 15.0. The van der Waals surface area contributed by atoms with E-state index in [1.54, 1.807) is 0 Å². The van der Waals surface area contributed by atoms with Crippen LogP contribution in [-0.4, -0.2) is 38.7 Å². The molecule has 1 aliphatic rings. The number of ether oxygens (including phenoxy) is 1. The van der Waals surface area contributed by atoms with Crippen LogP contribution in [0, 0.1) is 0 Å². The van der Waals surface area contributed by atoms with Crippen molar-refractivity contribution in [1.82, 2.24) is 0 Å². The van der Waals surface area contributed by atoms with Crippen LogP contribution in [-0.2, 0) is 10.2 Å². The zero-order valence-electron chi connectivity index (χ0n) is 13.1. The molecule has 1 saturated carbocycles. The number of hydrogen-bond acceptors (Lipinski definition) is 3. The first kappa shape index (κ1) is 25.0. The summed E-state index contributed by atoms with van der Waals surface area (Å²) in [5, 5.41) is 0. The van der Waals surface area contributed by atoms with Gasteiger partial charge in [0.2, 0.25) is 0 Å². The second-order valence-corrected chi connectivity index (χ2v) is 11.4. The number of hydrogen-bond donors (Lipinski definition) is 0. The normalized spacial score (nSPS) is 30.0. The first-order chi connectivity index (χ1) is 12.6. The Morgan fingerprint density at radius 2 is 1.22 bits per heavy atom. The molecule has 0 radical (unpaired) electrons. The van der Waals surface area contributed by atoms with Gasteiger partial charge in [0.15, 0.2) is 0 Å². The van der Waals surface area contributed by atoms with Crippen molar-refractivity contribution in [3.05, 3.63) is 51.2 Å². The van der Waals surface area contributed by atoms with Gasteiger partial charge in [-0.2, -0.15) is 0 Å². The maximum Gasteiger partial charge on any atom is 0.321 e. The molecule has 0 heterocycles. The maximum absolute atomic E-state index is 9.99. The standard InChI is InChI=1S/C12H11Br5O.N6O2S/c13-7-8(14)10(16)12(11(17)9(7)15)18-6-4-2-1-3-5-6;1-3-5-9(7,8)6-4-2/h1-5,7-12H;. The average molecular weight is 719 g/mol. The molecule has 0 saturated heterocycles. The summed E-state index contributed by atoms with van der Waals surface area (Å²) in [7, 11) is -4.27. The van der Waals surface area contributed by atoms with E-state index in [-0.39, 0.29) is 15.8 Å². The molecule has 1 aliphatic carbocycles. The van der Waals surface area contributed by atoms with Gasteiger partial charge in [0.05, 0.1) is 9.65 Å². The highest BCUT2D eigenvalue weighted by molar-refractivity contribution is 9.15. The molecule has 9 nitrogen and oxygen atoms in total. The van der Waals surface area contributed by atoms with Crippen LogP contribution in [0.25, 0.3) is 20.9 Å². The molecule has 1 aromatic carbocycles. The summed E-state index contributed by atoms with van der Waals surface area (Å²) in [4.78, 5) is 5.17. The summed E-state index contributed by atoms with van der Waals surface area (Å²) in [6.45, 7) is 0. The van der Waals surface area contributed by atoms with Crippen molar-refractivity contribution in [1.29, 1.82) is 0 Å². The van der Waals surface area contributed by atoms with Gasteiger partial charge in [-0.15, -0.1) is 0 Å². The first-order valence-electron chi connectivity index (χ1n) is 6.94. The van der Waals surface area contributed by atoms with Crippen molar-refractivity contribution < 1.29 is 13.2 Å². The number of nitrogens with zero attached hydrogens (tertiary/aromatic N) is 6. The molecule has 4 unspecified atom stereocenters. The lowest BCUT2D eigenvalue weighted by Crippen LogP contribution is -2.55. The van der Waals surface area contributed by atoms with Gasteiger partial charge in [-0.3, -0.25) is 0 Å². The predicted octanol–water partition coefficient (Wildman–Crippen LogP) is 6.12. The molecule has 0 aromatic heterocycles. The first-order valence-corrected chi connectivity index (χ1v) is 12.9. The van der Waals surface area contributed by atoms with Gasteiger partial charge in [0.25, 0.3) is 0 Å². The molecular weight excluding hydrogens is 708 g/mol. The van der Waals surface area contributed by atoms with Crippen LogP contribution in [0.1, 0.15) is 0 Å². The lowest BCUT2D eigenvalue weighted by Gasteiger charge is -2.41. The number of halogens is 5. The van der Waals surface area contributed by atoms with Crippen LogP contribution in [0.2, 0.25) is 0 Å². The van der Waals surface area contributed by atoms with Crippen LogP contribution in [0.4, 0.5) is 0 Å². The molecule has 15 heteroatoms. The third kappa shape index (κ3) is 7.73. The summed E-state index contributed by atoms with van der Waals surface area (Å²) < 4.78 is 30.4. The van der Waals surface area contributed by atoms with E-state index in [4.69, 9.17) is 15.8 Å². The summed E-state index contributed by atoms with van der Waals surface area (Å²) in [6, 6.07) is 9.91. The van der Waals surface area contributed by atoms with Crippen molar-refractivity contribution in [3.8, 4) is 5.75 Å². The Labute approximate surface area is 197 Å². The Hall–Kier alpha value is -0.01000. The van der Waals surface area contributed by atoms with Crippen molar-refractivity contribution >= 4 is 89.9 Å². The lowest BCUT2D eigenvalue weighted by atomic mass is 9.97. The Morgan fingerprint density at radius 1 is 0.815 bits per heavy atom. The molecule has 1 fully saturated rings. The van der Waals surface area contributed by atoms with E-state index < -0.39 is 10.2 Å². The number of azide groups is 1. The quantitative estimate of drug-likeness (QED) is 0.160. The molecule has 2 rings (SSSR count). The lowest BCUT2D eigenvalue weighted by molar-refractivity contribution is 0.182. The molecule has 0 N–H and O–H groups in total. The van der Waals surface area contributed by atoms with E-state index >= 15 is 0 Å². The highest BCUT2D eigenvalue weighted by Gasteiger charge is 2.47. The van der Waals surface area contributed by atoms with E-state index in [9.17, 15) is 8.42 Å². The maximum atomic E-state index is 9.99. The Kier molecular flexibility index (Phi) is 11.0. The third-order valence-corrected chi connectivity index (χ3v) is 12.1. The second-order valence-electron chi connectivity index (χ2n) is 4.91. The smallest absolute Gasteiger partial charge is 0.321 e. The molecule has 1 aromatic rings. The highest BCUT2D eigenvalue weighted by Crippen LogP contribution is 2.42. The second kappa shape index (κ2) is 11.9. The van der Waals surface area contributed by atoms with Gasteiger partial charge in [-0.05, 0) is 23.2 Å². The number of rotatable bonds is 4. The molecule has 0 aliphatic heterocycles. The van der Waals surface area contributed by atoms with Crippen LogP contribution >= 0.6 is 79.6 Å². The molecule has 27 heavy (non-hydrogen) atoms. The summed E-state index contributed by atoms with van der Waals surface area (Å²) >= 11 is 18.6. The minimum absolute atomic E-state index is 0.0509. The van der Waals surface area contributed by atoms with Crippen molar-refractivity contribution in [2.75, 3.05) is 0 Å². The fourth-order valence-electron chi connectivity index (χ4n) is 1.96. The van der Waals surface area contributed by atoms with E-state index in [1.807, 2.05) is 40.2 Å². The fraction of sp³-hybridized carbons (Fsp3) is 0.500. The van der Waals surface area contributed by atoms with Gasteiger partial charge in [-0.1, -0.05) is 97.8 Å². The topological polar surface area (TPSA) is 141 Å². The SMILES string of the molecule is BrC1C(Br)C(Br)C(Oc2ccccc2)C(Br)C1Br.[N-]=[N+]=NS(=O)(=O)N=[N+]=[N-]. The van der Waals surface area contributed by atoms with E-state index in [0.717, 1.165) is 5.75 Å². The average Bonchev–Trinajstić information content (AvgIpc) is 2.63. The van der Waals surface area contributed by atoms with E-state index in [2.05, 4.69) is 88.7 Å². The van der Waals surface area contributed by atoms with E-state index in [1.165, 1.54) is 0 Å². The predicted molar refractivity (Wildman–Crippen MR) is 122 cm³/mol. The largest absolute Gasteiger partial charge is 0.488 e. The van der Waals surface area contributed by atoms with Gasteiger partial charge in [0.1, 0.15) is 11.9 Å². The molecule has 0 spiro atoms. The Morgan fingerprint density at radius 3 is 1.63 bits per heavy atom. The Balaban J connectivity index is 0.000000345. The zero-order chi connectivity index (χ0) is 20.6. The zero-order valence-corrected chi connectivity index (χ0v) is 21.8. The minimum atomic E-state index is -4.27. The van der Waals surface area contributed by atoms with Gasteiger partial charge in [-0.25, -0.2) is 8.42 Å². The number of para-hydroxylation sites is 1.